The Hall–Kier alpha value is -2.90. The van der Waals surface area contributed by atoms with E-state index in [1.54, 1.807) is 18.7 Å². The smallest absolute Gasteiger partial charge is 0.244 e. The van der Waals surface area contributed by atoms with Crippen molar-refractivity contribution in [2.45, 2.75) is 104 Å². The quantitative estimate of drug-likeness (QED) is 0.621. The molecule has 2 aromatic rings. The average Bonchev–Trinajstić information content (AvgIpc) is 3.18. The van der Waals surface area contributed by atoms with Gasteiger partial charge < -0.3 is 15.0 Å². The second-order valence-corrected chi connectivity index (χ2v) is 10.3. The molecule has 1 atom stereocenters. The summed E-state index contributed by atoms with van der Waals surface area (Å²) in [6.45, 7) is 7.76. The van der Waals surface area contributed by atoms with E-state index in [9.17, 15) is 14.4 Å². The Labute approximate surface area is 214 Å². The number of ketones is 1. The van der Waals surface area contributed by atoms with Crippen molar-refractivity contribution in [2.24, 2.45) is 0 Å². The van der Waals surface area contributed by atoms with Crippen molar-refractivity contribution in [3.05, 3.63) is 23.4 Å². The fourth-order valence-electron chi connectivity index (χ4n) is 4.77. The standard InChI is InChI=1S/C28H42N4O4/c1-19(2)36-23-16-22-14-12-10-8-6-7-9-11-13-15-29-28(35)20(3)31(5)25(34)18-32-27(22)24(17-23)26(30-32)21(4)33/h16-17,19-20H,6-15,18H2,1-5H3,(H,29,35)/t20-/m0/s1. The van der Waals surface area contributed by atoms with E-state index in [0.717, 1.165) is 43.2 Å². The fourth-order valence-corrected chi connectivity index (χ4v) is 4.77. The van der Waals surface area contributed by atoms with Gasteiger partial charge in [-0.25, -0.2) is 0 Å². The van der Waals surface area contributed by atoms with Crippen LogP contribution in [0.15, 0.2) is 12.1 Å². The van der Waals surface area contributed by atoms with Crippen LogP contribution in [0, 0.1) is 0 Å². The maximum absolute atomic E-state index is 13.2. The van der Waals surface area contributed by atoms with Gasteiger partial charge in [-0.05, 0) is 57.7 Å². The first-order chi connectivity index (χ1) is 17.2. The number of hydrogen-bond donors (Lipinski definition) is 1. The molecule has 3 rings (SSSR count). The largest absolute Gasteiger partial charge is 0.491 e. The first-order valence-electron chi connectivity index (χ1n) is 13.4. The van der Waals surface area contributed by atoms with Crippen molar-refractivity contribution >= 4 is 28.5 Å². The minimum Gasteiger partial charge on any atom is -0.491 e. The third-order valence-corrected chi connectivity index (χ3v) is 6.91. The van der Waals surface area contributed by atoms with Gasteiger partial charge in [0.1, 0.15) is 24.0 Å². The monoisotopic (exact) mass is 498 g/mol. The number of benzene rings is 1. The molecular weight excluding hydrogens is 456 g/mol. The van der Waals surface area contributed by atoms with Gasteiger partial charge in [0.25, 0.3) is 0 Å². The Balaban J connectivity index is 2.01. The van der Waals surface area contributed by atoms with E-state index in [1.165, 1.54) is 37.5 Å². The van der Waals surface area contributed by atoms with Crippen LogP contribution in [-0.2, 0) is 22.6 Å². The summed E-state index contributed by atoms with van der Waals surface area (Å²) < 4.78 is 7.64. The van der Waals surface area contributed by atoms with Gasteiger partial charge in [-0.1, -0.05) is 38.5 Å². The van der Waals surface area contributed by atoms with Crippen molar-refractivity contribution in [2.75, 3.05) is 13.6 Å². The minimum atomic E-state index is -0.598. The van der Waals surface area contributed by atoms with Crippen molar-refractivity contribution in [1.29, 1.82) is 0 Å². The number of nitrogens with one attached hydrogen (secondary N) is 1. The molecule has 36 heavy (non-hydrogen) atoms. The van der Waals surface area contributed by atoms with E-state index < -0.39 is 6.04 Å². The number of likely N-dealkylation sites (N-methyl/N-ethyl adjacent to an activating group) is 1. The molecule has 1 aliphatic rings. The third kappa shape index (κ3) is 7.08. The molecule has 0 fully saturated rings. The number of nitrogens with zero attached hydrogens (tertiary/aromatic N) is 3. The highest BCUT2D eigenvalue weighted by molar-refractivity contribution is 6.06. The summed E-state index contributed by atoms with van der Waals surface area (Å²) in [7, 11) is 1.64. The van der Waals surface area contributed by atoms with Crippen LogP contribution >= 0.6 is 0 Å². The van der Waals surface area contributed by atoms with Crippen LogP contribution in [0.1, 0.15) is 95.1 Å². The van der Waals surface area contributed by atoms with Gasteiger partial charge in [0.2, 0.25) is 11.8 Å². The number of aromatic nitrogens is 2. The molecule has 0 radical (unpaired) electrons. The van der Waals surface area contributed by atoms with Gasteiger partial charge in [-0.15, -0.1) is 0 Å². The molecular formula is C28H42N4O4. The summed E-state index contributed by atoms with van der Waals surface area (Å²) in [5.41, 5.74) is 2.17. The lowest BCUT2D eigenvalue weighted by atomic mass is 10.0. The number of carbonyl (C=O) groups is 3. The molecule has 0 bridgehead atoms. The van der Waals surface area contributed by atoms with E-state index >= 15 is 0 Å². The number of amides is 2. The van der Waals surface area contributed by atoms with Crippen LogP contribution in [0.25, 0.3) is 10.9 Å². The molecule has 8 heteroatoms. The van der Waals surface area contributed by atoms with Crippen LogP contribution in [0.2, 0.25) is 0 Å². The highest BCUT2D eigenvalue weighted by Crippen LogP contribution is 2.31. The molecule has 0 saturated heterocycles. The van der Waals surface area contributed by atoms with Crippen molar-refractivity contribution in [3.8, 4) is 5.75 Å². The zero-order chi connectivity index (χ0) is 26.2. The Bertz CT molecular complexity index is 1080. The molecule has 198 valence electrons. The normalized spacial score (nSPS) is 19.5. The highest BCUT2D eigenvalue weighted by Gasteiger charge is 2.25. The maximum Gasteiger partial charge on any atom is 0.244 e. The van der Waals surface area contributed by atoms with Crippen molar-refractivity contribution in [1.82, 2.24) is 20.0 Å². The zero-order valence-electron chi connectivity index (χ0n) is 22.6. The Kier molecular flexibility index (Phi) is 9.90. The first kappa shape index (κ1) is 27.7. The number of rotatable bonds is 3. The minimum absolute atomic E-state index is 0.00312. The zero-order valence-corrected chi connectivity index (χ0v) is 22.6. The van der Waals surface area contributed by atoms with E-state index in [-0.39, 0.29) is 30.2 Å². The molecule has 0 spiro atoms. The van der Waals surface area contributed by atoms with Gasteiger partial charge in [0.05, 0.1) is 11.6 Å². The van der Waals surface area contributed by atoms with Crippen LogP contribution in [-0.4, -0.2) is 58.0 Å². The molecule has 8 nitrogen and oxygen atoms in total. The molecule has 2 heterocycles. The molecule has 1 aliphatic heterocycles. The predicted molar refractivity (Wildman–Crippen MR) is 141 cm³/mol. The summed E-state index contributed by atoms with van der Waals surface area (Å²) in [4.78, 5) is 39.8. The van der Waals surface area contributed by atoms with Gasteiger partial charge >= 0.3 is 0 Å². The fraction of sp³-hybridized carbons (Fsp3) is 0.643. The van der Waals surface area contributed by atoms with Gasteiger partial charge in [-0.2, -0.15) is 5.10 Å². The molecule has 1 aromatic carbocycles. The second-order valence-electron chi connectivity index (χ2n) is 10.3. The van der Waals surface area contributed by atoms with Crippen LogP contribution < -0.4 is 10.1 Å². The number of hydrogen-bond acceptors (Lipinski definition) is 5. The highest BCUT2D eigenvalue weighted by atomic mass is 16.5. The first-order valence-corrected chi connectivity index (χ1v) is 13.4. The van der Waals surface area contributed by atoms with Crippen molar-refractivity contribution < 1.29 is 19.1 Å². The Morgan fingerprint density at radius 1 is 1.06 bits per heavy atom. The lowest BCUT2D eigenvalue weighted by molar-refractivity contribution is -0.138. The maximum atomic E-state index is 13.2. The van der Waals surface area contributed by atoms with Crippen LogP contribution in [0.3, 0.4) is 0 Å². The lowest BCUT2D eigenvalue weighted by Crippen LogP contribution is -2.47. The number of ether oxygens (including phenoxy) is 1. The Morgan fingerprint density at radius 3 is 2.33 bits per heavy atom. The summed E-state index contributed by atoms with van der Waals surface area (Å²) >= 11 is 0. The molecule has 1 N–H and O–H groups in total. The molecule has 0 saturated carbocycles. The van der Waals surface area contributed by atoms with Crippen LogP contribution in [0.4, 0.5) is 0 Å². The SMILES string of the molecule is CC(=O)c1nn2c3c(cc(OC(C)C)cc13)CCCCCCCCCCNC(=O)[C@H](C)N(C)C(=O)C2. The summed E-state index contributed by atoms with van der Waals surface area (Å²) in [5, 5.41) is 8.25. The number of Topliss-reactive ketones (excluding diaryl/α,β-unsaturated/α-hetero) is 1. The summed E-state index contributed by atoms with van der Waals surface area (Å²) in [5.74, 6) is 0.161. The van der Waals surface area contributed by atoms with Crippen molar-refractivity contribution in [3.63, 3.8) is 0 Å². The molecule has 2 amide bonds. The van der Waals surface area contributed by atoms with Gasteiger partial charge in [-0.3, -0.25) is 19.1 Å². The second kappa shape index (κ2) is 12.9. The summed E-state index contributed by atoms with van der Waals surface area (Å²) in [6.07, 6.45) is 9.78. The predicted octanol–water partition coefficient (Wildman–Crippen LogP) is 4.67. The van der Waals surface area contributed by atoms with E-state index in [2.05, 4.69) is 10.4 Å². The van der Waals surface area contributed by atoms with E-state index in [1.807, 2.05) is 26.0 Å². The van der Waals surface area contributed by atoms with E-state index in [4.69, 9.17) is 4.74 Å². The van der Waals surface area contributed by atoms with E-state index in [0.29, 0.717) is 23.4 Å². The number of aryl methyl sites for hydroxylation is 1. The Morgan fingerprint density at radius 2 is 1.69 bits per heavy atom. The lowest BCUT2D eigenvalue weighted by Gasteiger charge is -2.24. The molecule has 0 unspecified atom stereocenters. The van der Waals surface area contributed by atoms with Crippen LogP contribution in [0.5, 0.6) is 5.75 Å². The number of carbonyl (C=O) groups excluding carboxylic acids is 3. The summed E-state index contributed by atoms with van der Waals surface area (Å²) in [6, 6.07) is 3.29. The molecule has 0 aliphatic carbocycles. The molecule has 1 aromatic heterocycles. The third-order valence-electron chi connectivity index (χ3n) is 6.91. The van der Waals surface area contributed by atoms with Gasteiger partial charge in [0.15, 0.2) is 5.78 Å². The average molecular weight is 499 g/mol. The topological polar surface area (TPSA) is 93.5 Å². The van der Waals surface area contributed by atoms with Gasteiger partial charge in [0, 0.05) is 25.9 Å².